The van der Waals surface area contributed by atoms with Crippen LogP contribution in [0.3, 0.4) is 0 Å². The largest absolute Gasteiger partial charge is 0.462 e. The maximum absolute atomic E-state index is 13.1. The lowest BCUT2D eigenvalue weighted by Crippen LogP contribution is -2.36. The average Bonchev–Trinajstić information content (AvgIpc) is 3.01. The molecule has 0 radical (unpaired) electrons. The number of carbonyl (C=O) groups excluding carboxylic acids is 2. The van der Waals surface area contributed by atoms with Crippen LogP contribution in [0.25, 0.3) is 10.9 Å². The Morgan fingerprint density at radius 2 is 1.87 bits per heavy atom. The molecule has 2 aromatic heterocycles. The summed E-state index contributed by atoms with van der Waals surface area (Å²) in [6.45, 7) is 9.87. The molecule has 0 aliphatic heterocycles. The van der Waals surface area contributed by atoms with Gasteiger partial charge in [0.05, 0.1) is 41.9 Å². The van der Waals surface area contributed by atoms with Crippen LogP contribution in [0.1, 0.15) is 58.7 Å². The van der Waals surface area contributed by atoms with Gasteiger partial charge in [0, 0.05) is 11.7 Å². The fourth-order valence-electron chi connectivity index (χ4n) is 3.62. The molecule has 0 amide bonds. The first-order valence-corrected chi connectivity index (χ1v) is 10.3. The molecule has 0 bridgehead atoms. The molecule has 2 heterocycles. The highest BCUT2D eigenvalue weighted by molar-refractivity contribution is 6.02. The minimum Gasteiger partial charge on any atom is -0.462 e. The molecule has 0 fully saturated rings. The molecule has 1 aromatic carbocycles. The third-order valence-electron chi connectivity index (χ3n) is 5.29. The van der Waals surface area contributed by atoms with Gasteiger partial charge in [-0.3, -0.25) is 14.5 Å². The number of hydrogen-bond donors (Lipinski definition) is 2. The smallest absolute Gasteiger partial charge is 0.340 e. The summed E-state index contributed by atoms with van der Waals surface area (Å²) in [7, 11) is 0. The first-order chi connectivity index (χ1) is 14.7. The third kappa shape index (κ3) is 4.74. The Morgan fingerprint density at radius 3 is 2.55 bits per heavy atom. The van der Waals surface area contributed by atoms with Crippen LogP contribution < -0.4 is 5.56 Å². The summed E-state index contributed by atoms with van der Waals surface area (Å²) >= 11 is 0. The lowest BCUT2D eigenvalue weighted by molar-refractivity contribution is 0.0525. The molecular formula is C23H28N4O4. The molecule has 164 valence electrons. The number of nitrogens with zero attached hydrogens (tertiary/aromatic N) is 2. The topological polar surface area (TPSA) is 108 Å². The van der Waals surface area contributed by atoms with Crippen molar-refractivity contribution in [1.29, 1.82) is 0 Å². The minimum absolute atomic E-state index is 0.0293. The number of aromatic amines is 2. The Hall–Kier alpha value is -3.26. The van der Waals surface area contributed by atoms with Crippen LogP contribution in [0.4, 0.5) is 0 Å². The van der Waals surface area contributed by atoms with Crippen LogP contribution in [-0.2, 0) is 11.3 Å². The molecule has 2 N–H and O–H groups in total. The number of H-pyrrole nitrogens is 2. The molecule has 31 heavy (non-hydrogen) atoms. The van der Waals surface area contributed by atoms with Crippen molar-refractivity contribution in [3.8, 4) is 0 Å². The van der Waals surface area contributed by atoms with Gasteiger partial charge in [0.25, 0.3) is 5.56 Å². The van der Waals surface area contributed by atoms with Gasteiger partial charge < -0.3 is 14.7 Å². The monoisotopic (exact) mass is 424 g/mol. The summed E-state index contributed by atoms with van der Waals surface area (Å²) in [5.41, 5.74) is 2.41. The van der Waals surface area contributed by atoms with E-state index in [-0.39, 0.29) is 30.5 Å². The van der Waals surface area contributed by atoms with Crippen molar-refractivity contribution in [2.75, 3.05) is 13.2 Å². The van der Waals surface area contributed by atoms with Gasteiger partial charge in [-0.15, -0.1) is 0 Å². The highest BCUT2D eigenvalue weighted by Crippen LogP contribution is 2.20. The first kappa shape index (κ1) is 22.4. The second-order valence-electron chi connectivity index (χ2n) is 7.80. The molecule has 0 aliphatic rings. The number of carbonyl (C=O) groups is 2. The molecule has 0 atom stereocenters. The number of Topliss-reactive ketones (excluding diaryl/α,β-unsaturated/α-hetero) is 1. The number of hydrogen-bond acceptors (Lipinski definition) is 6. The fourth-order valence-corrected chi connectivity index (χ4v) is 3.62. The van der Waals surface area contributed by atoms with Crippen LogP contribution in [-0.4, -0.2) is 50.8 Å². The number of para-hydroxylation sites is 1. The van der Waals surface area contributed by atoms with Gasteiger partial charge in [-0.1, -0.05) is 12.1 Å². The van der Waals surface area contributed by atoms with Crippen LogP contribution in [0, 0.1) is 13.8 Å². The molecule has 0 spiro atoms. The number of fused-ring (bicyclic) bond motifs is 1. The maximum atomic E-state index is 13.1. The van der Waals surface area contributed by atoms with E-state index in [2.05, 4.69) is 15.0 Å². The highest BCUT2D eigenvalue weighted by atomic mass is 16.5. The zero-order valence-electron chi connectivity index (χ0n) is 18.5. The molecule has 3 aromatic rings. The van der Waals surface area contributed by atoms with Crippen molar-refractivity contribution < 1.29 is 14.3 Å². The molecule has 0 aliphatic carbocycles. The number of ketones is 1. The van der Waals surface area contributed by atoms with Gasteiger partial charge >= 0.3 is 5.97 Å². The van der Waals surface area contributed by atoms with Crippen molar-refractivity contribution >= 4 is 22.7 Å². The Labute approximate surface area is 180 Å². The maximum Gasteiger partial charge on any atom is 0.340 e. The van der Waals surface area contributed by atoms with Crippen molar-refractivity contribution in [2.45, 2.75) is 47.2 Å². The summed E-state index contributed by atoms with van der Waals surface area (Å²) < 4.78 is 5.10. The second-order valence-corrected chi connectivity index (χ2v) is 7.80. The standard InChI is InChI=1S/C23H28N4O4/c1-6-31-23(30)20-14(4)21(24-15(20)5)18(28)11-27(13(2)3)12-19-25-17-10-8-7-9-16(17)22(29)26-19/h7-10,13,24H,6,11-12H2,1-5H3,(H,25,26,29). The number of rotatable bonds is 8. The van der Waals surface area contributed by atoms with Gasteiger partial charge in [-0.2, -0.15) is 0 Å². The predicted octanol–water partition coefficient (Wildman–Crippen LogP) is 3.14. The summed E-state index contributed by atoms with van der Waals surface area (Å²) in [6.07, 6.45) is 0. The van der Waals surface area contributed by atoms with Gasteiger partial charge in [0.15, 0.2) is 5.78 Å². The van der Waals surface area contributed by atoms with Crippen molar-refractivity contribution in [2.24, 2.45) is 0 Å². The van der Waals surface area contributed by atoms with Crippen LogP contribution in [0.15, 0.2) is 29.1 Å². The molecule has 8 nitrogen and oxygen atoms in total. The Kier molecular flexibility index (Phi) is 6.70. The van der Waals surface area contributed by atoms with E-state index in [1.165, 1.54) is 0 Å². The van der Waals surface area contributed by atoms with E-state index >= 15 is 0 Å². The fraction of sp³-hybridized carbons (Fsp3) is 0.391. The average molecular weight is 425 g/mol. The van der Waals surface area contributed by atoms with E-state index in [0.717, 1.165) is 0 Å². The van der Waals surface area contributed by atoms with E-state index in [0.29, 0.717) is 45.8 Å². The summed E-state index contributed by atoms with van der Waals surface area (Å²) in [5.74, 6) is -0.0868. The Bertz CT molecular complexity index is 1180. The second kappa shape index (κ2) is 9.26. The number of esters is 1. The normalized spacial score (nSPS) is 11.5. The number of nitrogens with one attached hydrogen (secondary N) is 2. The summed E-state index contributed by atoms with van der Waals surface area (Å²) in [5, 5.41) is 0.530. The number of ether oxygens (including phenoxy) is 1. The molecule has 0 saturated heterocycles. The summed E-state index contributed by atoms with van der Waals surface area (Å²) in [4.78, 5) is 50.0. The third-order valence-corrected chi connectivity index (χ3v) is 5.29. The van der Waals surface area contributed by atoms with Crippen LogP contribution in [0.5, 0.6) is 0 Å². The number of aromatic nitrogens is 3. The molecule has 0 unspecified atom stereocenters. The van der Waals surface area contributed by atoms with Gasteiger partial charge in [-0.05, 0) is 52.3 Å². The quantitative estimate of drug-likeness (QED) is 0.425. The zero-order chi connectivity index (χ0) is 22.7. The molecule has 8 heteroatoms. The Morgan fingerprint density at radius 1 is 1.16 bits per heavy atom. The van der Waals surface area contributed by atoms with Crippen molar-refractivity contribution in [1.82, 2.24) is 19.9 Å². The molecule has 0 saturated carbocycles. The van der Waals surface area contributed by atoms with Gasteiger partial charge in [0.2, 0.25) is 0 Å². The van der Waals surface area contributed by atoms with Crippen molar-refractivity contribution in [3.63, 3.8) is 0 Å². The summed E-state index contributed by atoms with van der Waals surface area (Å²) in [6, 6.07) is 7.18. The Balaban J connectivity index is 1.84. The molecular weight excluding hydrogens is 396 g/mol. The van der Waals surface area contributed by atoms with Gasteiger partial charge in [-0.25, -0.2) is 9.78 Å². The lowest BCUT2D eigenvalue weighted by Gasteiger charge is -2.25. The minimum atomic E-state index is -0.438. The lowest BCUT2D eigenvalue weighted by atomic mass is 10.1. The first-order valence-electron chi connectivity index (χ1n) is 10.3. The van der Waals surface area contributed by atoms with E-state index in [4.69, 9.17) is 4.74 Å². The zero-order valence-corrected chi connectivity index (χ0v) is 18.5. The van der Waals surface area contributed by atoms with Crippen LogP contribution in [0.2, 0.25) is 0 Å². The molecule has 3 rings (SSSR count). The number of benzene rings is 1. The van der Waals surface area contributed by atoms with E-state index in [1.54, 1.807) is 39.0 Å². The predicted molar refractivity (Wildman–Crippen MR) is 118 cm³/mol. The van der Waals surface area contributed by atoms with E-state index in [1.807, 2.05) is 24.8 Å². The van der Waals surface area contributed by atoms with Crippen LogP contribution >= 0.6 is 0 Å². The van der Waals surface area contributed by atoms with Crippen molar-refractivity contribution in [3.05, 3.63) is 63.0 Å². The van der Waals surface area contributed by atoms with E-state index < -0.39 is 5.97 Å². The van der Waals surface area contributed by atoms with E-state index in [9.17, 15) is 14.4 Å². The number of aryl methyl sites for hydroxylation is 1. The SMILES string of the molecule is CCOC(=O)c1c(C)[nH]c(C(=O)CN(Cc2nc3ccccc3c(=O)[nH]2)C(C)C)c1C. The highest BCUT2D eigenvalue weighted by Gasteiger charge is 2.25. The van der Waals surface area contributed by atoms with Gasteiger partial charge in [0.1, 0.15) is 5.82 Å².